The van der Waals surface area contributed by atoms with Crippen molar-refractivity contribution in [3.05, 3.63) is 36.2 Å². The van der Waals surface area contributed by atoms with Crippen LogP contribution in [0.1, 0.15) is 36.0 Å². The van der Waals surface area contributed by atoms with Gasteiger partial charge in [0, 0.05) is 30.8 Å². The van der Waals surface area contributed by atoms with E-state index in [-0.39, 0.29) is 23.5 Å². The molecule has 0 radical (unpaired) electrons. The fraction of sp³-hybridized carbons (Fsp3) is 0.455. The highest BCUT2D eigenvalue weighted by molar-refractivity contribution is 6.00. The lowest BCUT2D eigenvalue weighted by atomic mass is 9.64. The molecule has 3 N–H and O–H groups in total. The molecule has 10 heteroatoms. The summed E-state index contributed by atoms with van der Waals surface area (Å²) in [6.07, 6.45) is 7.53. The smallest absolute Gasteiger partial charge is 0.256 e. The molecule has 0 bridgehead atoms. The summed E-state index contributed by atoms with van der Waals surface area (Å²) in [6, 6.07) is 5.75. The predicted molar refractivity (Wildman–Crippen MR) is 117 cm³/mol. The molecule has 4 heterocycles. The van der Waals surface area contributed by atoms with Crippen LogP contribution in [0.5, 0.6) is 5.88 Å². The molecule has 2 aliphatic carbocycles. The first-order valence-corrected chi connectivity index (χ1v) is 11.0. The number of nitrogens with one attached hydrogen (secondary N) is 3. The molecule has 3 aliphatic rings. The number of ether oxygens (including phenoxy) is 2. The topological polar surface area (TPSA) is 115 Å². The number of carbonyl (C=O) groups excluding carboxylic acids is 1. The van der Waals surface area contributed by atoms with Crippen LogP contribution >= 0.6 is 0 Å². The molecular weight excluding hydrogens is 410 g/mol. The van der Waals surface area contributed by atoms with Crippen molar-refractivity contribution in [1.29, 1.82) is 0 Å². The Morgan fingerprint density at radius 3 is 2.88 bits per heavy atom. The van der Waals surface area contributed by atoms with E-state index in [0.29, 0.717) is 28.7 Å². The van der Waals surface area contributed by atoms with Gasteiger partial charge in [0.1, 0.15) is 29.0 Å². The Labute approximate surface area is 184 Å². The predicted octanol–water partition coefficient (Wildman–Crippen LogP) is 2.36. The Bertz CT molecular complexity index is 1180. The Balaban J connectivity index is 1.26. The second kappa shape index (κ2) is 7.33. The van der Waals surface area contributed by atoms with Crippen LogP contribution in [0, 0.1) is 5.41 Å². The van der Waals surface area contributed by atoms with Gasteiger partial charge in [-0.1, -0.05) is 0 Å². The van der Waals surface area contributed by atoms with Crippen LogP contribution in [0.4, 0.5) is 17.3 Å². The number of hydrogen-bond donors (Lipinski definition) is 3. The Morgan fingerprint density at radius 2 is 2.16 bits per heavy atom. The molecule has 166 valence electrons. The fourth-order valence-corrected chi connectivity index (χ4v) is 4.40. The van der Waals surface area contributed by atoms with Gasteiger partial charge in [0.05, 0.1) is 19.4 Å². The number of pyridine rings is 1. The van der Waals surface area contributed by atoms with Gasteiger partial charge in [-0.25, -0.2) is 9.97 Å². The number of nitrogens with zero attached hydrogens (tertiary/aromatic N) is 4. The molecule has 1 spiro atoms. The number of anilines is 3. The van der Waals surface area contributed by atoms with Gasteiger partial charge in [-0.2, -0.15) is 9.61 Å². The molecule has 1 aliphatic heterocycles. The standard InChI is InChI=1S/C22H25N7O3/c1-23-18-7-17(27-16-3-2-6-24-21(16)32-14-4-5-14)28-19-15(10-25-29(18)19)20(30)26-13-8-22(9-13)11-31-12-22/h2-3,6-7,10,13-14,23H,4-5,8-9,11-12H2,1H3,(H,26,30)(H,27,28). The third kappa shape index (κ3) is 3.40. The monoisotopic (exact) mass is 435 g/mol. The molecular formula is C22H25N7O3. The maximum absolute atomic E-state index is 13.0. The zero-order valence-corrected chi connectivity index (χ0v) is 17.8. The molecule has 1 amide bonds. The minimum absolute atomic E-state index is 0.161. The molecule has 6 rings (SSSR count). The van der Waals surface area contributed by atoms with E-state index >= 15 is 0 Å². The summed E-state index contributed by atoms with van der Waals surface area (Å²) in [4.78, 5) is 22.0. The van der Waals surface area contributed by atoms with Crippen molar-refractivity contribution in [2.75, 3.05) is 30.9 Å². The summed E-state index contributed by atoms with van der Waals surface area (Å²) in [5.41, 5.74) is 1.94. The lowest BCUT2D eigenvalue weighted by Gasteiger charge is -2.53. The number of carbonyl (C=O) groups is 1. The molecule has 3 aromatic heterocycles. The van der Waals surface area contributed by atoms with Gasteiger partial charge < -0.3 is 25.4 Å². The van der Waals surface area contributed by atoms with E-state index in [2.05, 4.69) is 31.0 Å². The second-order valence-corrected chi connectivity index (χ2v) is 8.94. The summed E-state index contributed by atoms with van der Waals surface area (Å²) in [5, 5.41) is 13.9. The minimum atomic E-state index is -0.161. The number of amides is 1. The van der Waals surface area contributed by atoms with Crippen LogP contribution in [-0.4, -0.2) is 57.9 Å². The van der Waals surface area contributed by atoms with E-state index in [1.165, 1.54) is 0 Å². The minimum Gasteiger partial charge on any atom is -0.473 e. The van der Waals surface area contributed by atoms with E-state index < -0.39 is 0 Å². The number of aromatic nitrogens is 4. The third-order valence-electron chi connectivity index (χ3n) is 6.32. The number of rotatable bonds is 7. The van der Waals surface area contributed by atoms with E-state index in [9.17, 15) is 4.79 Å². The molecule has 2 saturated carbocycles. The normalized spacial score (nSPS) is 19.3. The van der Waals surface area contributed by atoms with Crippen LogP contribution < -0.4 is 20.7 Å². The maximum atomic E-state index is 13.0. The Hall–Kier alpha value is -3.40. The highest BCUT2D eigenvalue weighted by Gasteiger charge is 2.50. The first-order valence-electron chi connectivity index (χ1n) is 11.0. The molecule has 3 aromatic rings. The van der Waals surface area contributed by atoms with Crippen LogP contribution in [0.15, 0.2) is 30.6 Å². The lowest BCUT2D eigenvalue weighted by molar-refractivity contribution is -0.165. The van der Waals surface area contributed by atoms with E-state index in [0.717, 1.165) is 44.6 Å². The van der Waals surface area contributed by atoms with Gasteiger partial charge in [-0.15, -0.1) is 0 Å². The van der Waals surface area contributed by atoms with Crippen molar-refractivity contribution in [2.45, 2.75) is 37.8 Å². The first kappa shape index (κ1) is 19.3. The summed E-state index contributed by atoms with van der Waals surface area (Å²) in [5.74, 6) is 1.66. The van der Waals surface area contributed by atoms with Gasteiger partial charge in [-0.3, -0.25) is 4.79 Å². The average Bonchev–Trinajstić information content (AvgIpc) is 3.45. The summed E-state index contributed by atoms with van der Waals surface area (Å²) < 4.78 is 12.9. The highest BCUT2D eigenvalue weighted by Crippen LogP contribution is 2.46. The molecule has 0 atom stereocenters. The van der Waals surface area contributed by atoms with Crippen molar-refractivity contribution >= 4 is 28.9 Å². The lowest BCUT2D eigenvalue weighted by Crippen LogP contribution is -2.59. The van der Waals surface area contributed by atoms with E-state index in [1.807, 2.05) is 18.2 Å². The quantitative estimate of drug-likeness (QED) is 0.518. The Morgan fingerprint density at radius 1 is 1.31 bits per heavy atom. The van der Waals surface area contributed by atoms with Crippen LogP contribution in [0.3, 0.4) is 0 Å². The van der Waals surface area contributed by atoms with Gasteiger partial charge in [0.2, 0.25) is 5.88 Å². The molecule has 10 nitrogen and oxygen atoms in total. The average molecular weight is 435 g/mol. The first-order chi connectivity index (χ1) is 15.6. The van der Waals surface area contributed by atoms with Gasteiger partial charge >= 0.3 is 0 Å². The van der Waals surface area contributed by atoms with Gasteiger partial charge in [0.15, 0.2) is 5.65 Å². The zero-order valence-electron chi connectivity index (χ0n) is 17.8. The number of fused-ring (bicyclic) bond motifs is 1. The summed E-state index contributed by atoms with van der Waals surface area (Å²) in [6.45, 7) is 1.61. The second-order valence-electron chi connectivity index (χ2n) is 8.94. The van der Waals surface area contributed by atoms with Gasteiger partial charge in [0.25, 0.3) is 5.91 Å². The van der Waals surface area contributed by atoms with Crippen molar-refractivity contribution in [3.63, 3.8) is 0 Å². The SMILES string of the molecule is CNc1cc(Nc2cccnc2OC2CC2)nc2c(C(=O)NC3CC4(COC4)C3)cnn12. The molecule has 0 aromatic carbocycles. The molecule has 0 unspecified atom stereocenters. The van der Waals surface area contributed by atoms with Crippen LogP contribution in [0.2, 0.25) is 0 Å². The maximum Gasteiger partial charge on any atom is 0.256 e. The van der Waals surface area contributed by atoms with E-state index in [1.54, 1.807) is 24.0 Å². The molecule has 3 fully saturated rings. The van der Waals surface area contributed by atoms with Crippen molar-refractivity contribution < 1.29 is 14.3 Å². The van der Waals surface area contributed by atoms with Crippen molar-refractivity contribution in [3.8, 4) is 5.88 Å². The van der Waals surface area contributed by atoms with Gasteiger partial charge in [-0.05, 0) is 37.8 Å². The largest absolute Gasteiger partial charge is 0.473 e. The summed E-state index contributed by atoms with van der Waals surface area (Å²) >= 11 is 0. The fourth-order valence-electron chi connectivity index (χ4n) is 4.40. The highest BCUT2D eigenvalue weighted by atomic mass is 16.5. The van der Waals surface area contributed by atoms with E-state index in [4.69, 9.17) is 9.47 Å². The zero-order chi connectivity index (χ0) is 21.7. The van der Waals surface area contributed by atoms with Crippen molar-refractivity contribution in [1.82, 2.24) is 24.9 Å². The Kier molecular flexibility index (Phi) is 4.42. The molecule has 32 heavy (non-hydrogen) atoms. The van der Waals surface area contributed by atoms with Crippen LogP contribution in [0.25, 0.3) is 5.65 Å². The van der Waals surface area contributed by atoms with Crippen molar-refractivity contribution in [2.24, 2.45) is 5.41 Å². The summed E-state index contributed by atoms with van der Waals surface area (Å²) in [7, 11) is 1.81. The van der Waals surface area contributed by atoms with Crippen LogP contribution in [-0.2, 0) is 4.74 Å². The molecule has 1 saturated heterocycles. The third-order valence-corrected chi connectivity index (χ3v) is 6.32. The number of hydrogen-bond acceptors (Lipinski definition) is 8.